The van der Waals surface area contributed by atoms with Crippen LogP contribution in [0.15, 0.2) is 29.5 Å². The first kappa shape index (κ1) is 6.84. The molecule has 2 aromatic heterocycles. The van der Waals surface area contributed by atoms with Gasteiger partial charge in [-0.25, -0.2) is 12.6 Å². The second kappa shape index (κ2) is 2.33. The van der Waals surface area contributed by atoms with Crippen molar-refractivity contribution in [2.75, 3.05) is 0 Å². The predicted octanol–water partition coefficient (Wildman–Crippen LogP) is 0.694. The summed E-state index contributed by atoms with van der Waals surface area (Å²) in [5.74, 6) is 0. The largest absolute Gasteiger partial charge is 0.344 e. The van der Waals surface area contributed by atoms with Crippen LogP contribution < -0.4 is 5.69 Å². The van der Waals surface area contributed by atoms with Crippen molar-refractivity contribution in [1.29, 1.82) is 0 Å². The zero-order valence-corrected chi connectivity index (χ0v) is 7.59. The van der Waals surface area contributed by atoms with Crippen LogP contribution in [-0.4, -0.2) is 12.2 Å². The average molecular weight is 261 g/mol. The van der Waals surface area contributed by atoms with Crippen molar-refractivity contribution < 1.29 is 0 Å². The molecule has 2 heterocycles. The third kappa shape index (κ3) is 0.953. The lowest BCUT2D eigenvalue weighted by atomic mass is 10.6. The van der Waals surface area contributed by atoms with Gasteiger partial charge in [0.2, 0.25) is 0 Å². The molecule has 5 heteroatoms. The van der Waals surface area contributed by atoms with Crippen molar-refractivity contribution in [3.05, 3.63) is 35.1 Å². The summed E-state index contributed by atoms with van der Waals surface area (Å²) in [4.78, 5) is 15.3. The molecule has 0 aliphatic rings. The fourth-order valence-electron chi connectivity index (χ4n) is 0.901. The van der Waals surface area contributed by atoms with Crippen molar-refractivity contribution in [1.82, 2.24) is 12.2 Å². The van der Waals surface area contributed by atoms with Crippen LogP contribution in [0.5, 0.6) is 0 Å². The van der Waals surface area contributed by atoms with E-state index in [4.69, 9.17) is 0 Å². The Morgan fingerprint density at radius 3 is 3.18 bits per heavy atom. The van der Waals surface area contributed by atoms with E-state index in [0.29, 0.717) is 5.65 Å². The Morgan fingerprint density at radius 2 is 2.36 bits per heavy atom. The van der Waals surface area contributed by atoms with E-state index in [1.807, 2.05) is 22.9 Å². The highest BCUT2D eigenvalue weighted by atomic mass is 127. The minimum atomic E-state index is -0.0828. The van der Waals surface area contributed by atoms with Crippen LogP contribution in [0, 0.1) is 0 Å². The molecule has 0 aliphatic carbocycles. The van der Waals surface area contributed by atoms with E-state index >= 15 is 0 Å². The number of aromatic nitrogens is 3. The smallest absolute Gasteiger partial charge is 0.252 e. The first-order chi connectivity index (χ1) is 5.29. The van der Waals surface area contributed by atoms with Crippen LogP contribution in [0.3, 0.4) is 0 Å². The first-order valence-corrected chi connectivity index (χ1v) is 3.96. The molecule has 0 unspecified atom stereocenters. The van der Waals surface area contributed by atoms with Crippen molar-refractivity contribution in [2.24, 2.45) is 0 Å². The quantitative estimate of drug-likeness (QED) is 0.654. The Bertz CT molecular complexity index is 444. The van der Waals surface area contributed by atoms with Gasteiger partial charge in [-0.1, -0.05) is 0 Å². The molecule has 0 saturated carbocycles. The molecular weight excluding hydrogens is 257 g/mol. The van der Waals surface area contributed by atoms with Crippen LogP contribution in [0.1, 0.15) is 0 Å². The molecule has 0 amide bonds. The summed E-state index contributed by atoms with van der Waals surface area (Å²) in [6, 6.07) is 3.58. The van der Waals surface area contributed by atoms with Crippen molar-refractivity contribution in [2.45, 2.75) is 0 Å². The van der Waals surface area contributed by atoms with Crippen LogP contribution in [-0.2, 0) is 0 Å². The summed E-state index contributed by atoms with van der Waals surface area (Å²) < 4.78 is 2.90. The van der Waals surface area contributed by atoms with Crippen molar-refractivity contribution in [3.8, 4) is 0 Å². The van der Waals surface area contributed by atoms with E-state index in [1.54, 1.807) is 18.3 Å². The van der Waals surface area contributed by atoms with E-state index < -0.39 is 0 Å². The van der Waals surface area contributed by atoms with E-state index in [9.17, 15) is 4.79 Å². The van der Waals surface area contributed by atoms with Crippen LogP contribution >= 0.6 is 22.9 Å². The highest BCUT2D eigenvalue weighted by molar-refractivity contribution is 14.1. The maximum atomic E-state index is 11.3. The Balaban J connectivity index is 3.05. The Hall–Kier alpha value is -0.850. The van der Waals surface area contributed by atoms with Crippen molar-refractivity contribution in [3.63, 3.8) is 0 Å². The van der Waals surface area contributed by atoms with Crippen LogP contribution in [0.25, 0.3) is 5.65 Å². The second-order valence-electron chi connectivity index (χ2n) is 2.07. The summed E-state index contributed by atoms with van der Waals surface area (Å²) in [5, 5.41) is 0. The topological polar surface area (TPSA) is 39.3 Å². The second-order valence-corrected chi connectivity index (χ2v) is 3.11. The van der Waals surface area contributed by atoms with Gasteiger partial charge in [0.1, 0.15) is 12.0 Å². The van der Waals surface area contributed by atoms with E-state index in [-0.39, 0.29) is 5.69 Å². The normalized spacial score (nSPS) is 10.6. The van der Waals surface area contributed by atoms with Gasteiger partial charge >= 0.3 is 5.69 Å². The molecule has 0 aromatic carbocycles. The standard InChI is InChI=1S/C6H4IN3O/c7-10-4-8-5-2-1-3-9(5)6(10)11/h1-4H. The maximum Gasteiger partial charge on any atom is 0.344 e. The van der Waals surface area contributed by atoms with Gasteiger partial charge in [-0.15, -0.1) is 0 Å². The molecule has 11 heavy (non-hydrogen) atoms. The monoisotopic (exact) mass is 261 g/mol. The Labute approximate surface area is 76.0 Å². The van der Waals surface area contributed by atoms with E-state index in [1.165, 1.54) is 13.5 Å². The predicted molar refractivity (Wildman–Crippen MR) is 48.9 cm³/mol. The summed E-state index contributed by atoms with van der Waals surface area (Å²) in [6.45, 7) is 0. The molecule has 0 fully saturated rings. The maximum absolute atomic E-state index is 11.3. The Kier molecular flexibility index (Phi) is 1.45. The van der Waals surface area contributed by atoms with Crippen molar-refractivity contribution >= 4 is 28.5 Å². The molecular formula is C6H4IN3O. The van der Waals surface area contributed by atoms with Crippen LogP contribution in [0.4, 0.5) is 0 Å². The number of hydrogen-bond donors (Lipinski definition) is 0. The van der Waals surface area contributed by atoms with Gasteiger partial charge in [0.25, 0.3) is 0 Å². The zero-order valence-electron chi connectivity index (χ0n) is 5.44. The molecule has 2 aromatic rings. The lowest BCUT2D eigenvalue weighted by Gasteiger charge is -1.94. The van der Waals surface area contributed by atoms with Gasteiger partial charge in [-0.05, 0) is 12.1 Å². The first-order valence-electron chi connectivity index (χ1n) is 3.00. The molecule has 0 saturated heterocycles. The highest BCUT2D eigenvalue weighted by Crippen LogP contribution is 1.95. The zero-order chi connectivity index (χ0) is 7.84. The lowest BCUT2D eigenvalue weighted by molar-refractivity contribution is 0.940. The van der Waals surface area contributed by atoms with Gasteiger partial charge in [-0.2, -0.15) is 0 Å². The molecule has 0 atom stereocenters. The summed E-state index contributed by atoms with van der Waals surface area (Å²) in [5.41, 5.74) is 0.600. The number of halogens is 1. The van der Waals surface area contributed by atoms with Crippen LogP contribution in [0.2, 0.25) is 0 Å². The molecule has 56 valence electrons. The molecule has 4 nitrogen and oxygen atoms in total. The summed E-state index contributed by atoms with van der Waals surface area (Å²) in [7, 11) is 0. The number of rotatable bonds is 0. The third-order valence-corrected chi connectivity index (χ3v) is 2.07. The molecule has 0 aliphatic heterocycles. The molecule has 0 radical (unpaired) electrons. The summed E-state index contributed by atoms with van der Waals surface area (Å²) >= 11 is 1.89. The van der Waals surface area contributed by atoms with E-state index in [0.717, 1.165) is 0 Å². The van der Waals surface area contributed by atoms with Gasteiger partial charge in [0.15, 0.2) is 0 Å². The summed E-state index contributed by atoms with van der Waals surface area (Å²) in [6.07, 6.45) is 3.19. The minimum Gasteiger partial charge on any atom is -0.252 e. The molecule has 2 rings (SSSR count). The number of fused-ring (bicyclic) bond motifs is 1. The minimum absolute atomic E-state index is 0.0828. The van der Waals surface area contributed by atoms with Gasteiger partial charge in [-0.3, -0.25) is 4.40 Å². The molecule has 0 spiro atoms. The fourth-order valence-corrected chi connectivity index (χ4v) is 1.26. The van der Waals surface area contributed by atoms with Gasteiger partial charge in [0, 0.05) is 6.20 Å². The van der Waals surface area contributed by atoms with E-state index in [2.05, 4.69) is 4.98 Å². The SMILES string of the molecule is O=c1n(I)cnc2cccn12. The number of hydrogen-bond acceptors (Lipinski definition) is 2. The van der Waals surface area contributed by atoms with Gasteiger partial charge in [0.05, 0.1) is 22.9 Å². The number of nitrogens with zero attached hydrogens (tertiary/aromatic N) is 3. The lowest BCUT2D eigenvalue weighted by Crippen LogP contribution is -2.20. The van der Waals surface area contributed by atoms with Gasteiger partial charge < -0.3 is 0 Å². The Morgan fingerprint density at radius 1 is 1.55 bits per heavy atom. The average Bonchev–Trinajstić information content (AvgIpc) is 2.45. The molecule has 0 N–H and O–H groups in total. The highest BCUT2D eigenvalue weighted by Gasteiger charge is 1.97. The third-order valence-electron chi connectivity index (χ3n) is 1.41. The molecule has 0 bridgehead atoms. The fraction of sp³-hybridized carbons (Fsp3) is 0.